The standard InChI is InChI=1S/C16H15FN4O2/c1-23-9-7-18-16(22)12-6-8-21-14(10-12)19-20-15(21)11-2-4-13(17)5-3-11/h2-6,8,10H,7,9H2,1H3,(H,18,22). The van der Waals surface area contributed by atoms with E-state index in [2.05, 4.69) is 15.5 Å². The average Bonchev–Trinajstić information content (AvgIpc) is 2.99. The molecule has 7 heteroatoms. The Kier molecular flexibility index (Phi) is 4.29. The number of fused-ring (bicyclic) bond motifs is 1. The van der Waals surface area contributed by atoms with Gasteiger partial charge in [0.1, 0.15) is 5.82 Å². The largest absolute Gasteiger partial charge is 0.383 e. The topological polar surface area (TPSA) is 68.5 Å². The molecule has 0 saturated carbocycles. The molecule has 2 heterocycles. The quantitative estimate of drug-likeness (QED) is 0.731. The summed E-state index contributed by atoms with van der Waals surface area (Å²) in [5.41, 5.74) is 1.78. The lowest BCUT2D eigenvalue weighted by atomic mass is 10.2. The molecule has 0 fully saturated rings. The van der Waals surface area contributed by atoms with Crippen LogP contribution in [0.15, 0.2) is 42.6 Å². The van der Waals surface area contributed by atoms with E-state index in [0.29, 0.717) is 30.2 Å². The number of halogens is 1. The first-order chi connectivity index (χ1) is 11.2. The monoisotopic (exact) mass is 314 g/mol. The predicted molar refractivity (Wildman–Crippen MR) is 82.6 cm³/mol. The van der Waals surface area contributed by atoms with Crippen molar-refractivity contribution in [2.24, 2.45) is 0 Å². The number of hydrogen-bond acceptors (Lipinski definition) is 4. The van der Waals surface area contributed by atoms with Crippen molar-refractivity contribution in [2.75, 3.05) is 20.3 Å². The van der Waals surface area contributed by atoms with Crippen LogP contribution in [0.1, 0.15) is 10.4 Å². The minimum absolute atomic E-state index is 0.198. The number of carbonyl (C=O) groups is 1. The maximum atomic E-state index is 13.0. The number of methoxy groups -OCH3 is 1. The van der Waals surface area contributed by atoms with Gasteiger partial charge in [0.05, 0.1) is 6.61 Å². The summed E-state index contributed by atoms with van der Waals surface area (Å²) in [5.74, 6) is 0.0832. The lowest BCUT2D eigenvalue weighted by molar-refractivity contribution is 0.0937. The molecular formula is C16H15FN4O2. The van der Waals surface area contributed by atoms with Gasteiger partial charge in [-0.05, 0) is 36.4 Å². The van der Waals surface area contributed by atoms with E-state index in [1.54, 1.807) is 42.0 Å². The van der Waals surface area contributed by atoms with Crippen LogP contribution >= 0.6 is 0 Å². The van der Waals surface area contributed by atoms with Crippen LogP contribution in [0.3, 0.4) is 0 Å². The summed E-state index contributed by atoms with van der Waals surface area (Å²) in [6.07, 6.45) is 1.72. The van der Waals surface area contributed by atoms with Crippen LogP contribution in [0.2, 0.25) is 0 Å². The van der Waals surface area contributed by atoms with Gasteiger partial charge in [-0.2, -0.15) is 0 Å². The second-order valence-corrected chi connectivity index (χ2v) is 4.92. The number of aromatic nitrogens is 3. The van der Waals surface area contributed by atoms with Crippen LogP contribution in [0.5, 0.6) is 0 Å². The van der Waals surface area contributed by atoms with Crippen molar-refractivity contribution in [3.8, 4) is 11.4 Å². The van der Waals surface area contributed by atoms with Crippen LogP contribution < -0.4 is 5.32 Å². The van der Waals surface area contributed by atoms with E-state index in [-0.39, 0.29) is 11.7 Å². The molecule has 0 radical (unpaired) electrons. The van der Waals surface area contributed by atoms with Gasteiger partial charge in [0.25, 0.3) is 5.91 Å². The number of hydrogen-bond donors (Lipinski definition) is 1. The molecule has 0 spiro atoms. The molecule has 1 amide bonds. The van der Waals surface area contributed by atoms with E-state index in [1.807, 2.05) is 0 Å². The van der Waals surface area contributed by atoms with Gasteiger partial charge in [-0.1, -0.05) is 0 Å². The molecule has 118 valence electrons. The molecule has 6 nitrogen and oxygen atoms in total. The number of ether oxygens (including phenoxy) is 1. The lowest BCUT2D eigenvalue weighted by Gasteiger charge is -2.05. The Morgan fingerprint density at radius 2 is 2.04 bits per heavy atom. The van der Waals surface area contributed by atoms with Crippen molar-refractivity contribution in [2.45, 2.75) is 0 Å². The smallest absolute Gasteiger partial charge is 0.251 e. The third kappa shape index (κ3) is 3.19. The van der Waals surface area contributed by atoms with Gasteiger partial charge < -0.3 is 10.1 Å². The minimum Gasteiger partial charge on any atom is -0.383 e. The third-order valence-electron chi connectivity index (χ3n) is 3.37. The molecule has 3 aromatic rings. The molecule has 0 bridgehead atoms. The maximum Gasteiger partial charge on any atom is 0.251 e. The summed E-state index contributed by atoms with van der Waals surface area (Å²) in [5, 5.41) is 10.9. The maximum absolute atomic E-state index is 13.0. The summed E-state index contributed by atoms with van der Waals surface area (Å²) in [6.45, 7) is 0.891. The molecule has 0 unspecified atom stereocenters. The zero-order valence-electron chi connectivity index (χ0n) is 12.5. The number of benzene rings is 1. The minimum atomic E-state index is -0.308. The molecule has 1 N–H and O–H groups in total. The second kappa shape index (κ2) is 6.53. The van der Waals surface area contributed by atoms with E-state index in [9.17, 15) is 9.18 Å². The fourth-order valence-electron chi connectivity index (χ4n) is 2.20. The fraction of sp³-hybridized carbons (Fsp3) is 0.188. The summed E-state index contributed by atoms with van der Waals surface area (Å²) >= 11 is 0. The zero-order valence-corrected chi connectivity index (χ0v) is 12.5. The average molecular weight is 314 g/mol. The zero-order chi connectivity index (χ0) is 16.2. The Hall–Kier alpha value is -2.80. The first-order valence-corrected chi connectivity index (χ1v) is 7.07. The van der Waals surface area contributed by atoms with Gasteiger partial charge in [0, 0.05) is 31.0 Å². The Morgan fingerprint density at radius 3 is 2.78 bits per heavy atom. The van der Waals surface area contributed by atoms with Gasteiger partial charge in [0.15, 0.2) is 11.5 Å². The van der Waals surface area contributed by atoms with Gasteiger partial charge >= 0.3 is 0 Å². The van der Waals surface area contributed by atoms with E-state index >= 15 is 0 Å². The van der Waals surface area contributed by atoms with Gasteiger partial charge in [-0.15, -0.1) is 10.2 Å². The van der Waals surface area contributed by atoms with Crippen molar-refractivity contribution in [3.63, 3.8) is 0 Å². The Bertz CT molecular complexity index is 830. The highest BCUT2D eigenvalue weighted by Crippen LogP contribution is 2.19. The molecule has 2 aromatic heterocycles. The van der Waals surface area contributed by atoms with Crippen LogP contribution in [0.4, 0.5) is 4.39 Å². The summed E-state index contributed by atoms with van der Waals surface area (Å²) in [4.78, 5) is 12.0. The number of amides is 1. The molecule has 23 heavy (non-hydrogen) atoms. The first kappa shape index (κ1) is 15.1. The number of pyridine rings is 1. The van der Waals surface area contributed by atoms with Crippen LogP contribution in [-0.4, -0.2) is 40.8 Å². The fourth-order valence-corrected chi connectivity index (χ4v) is 2.20. The highest BCUT2D eigenvalue weighted by Gasteiger charge is 2.11. The molecule has 0 aliphatic carbocycles. The normalized spacial score (nSPS) is 10.9. The van der Waals surface area contributed by atoms with E-state index in [1.165, 1.54) is 12.1 Å². The molecule has 1 aromatic carbocycles. The Morgan fingerprint density at radius 1 is 1.26 bits per heavy atom. The van der Waals surface area contributed by atoms with Crippen molar-refractivity contribution in [1.29, 1.82) is 0 Å². The number of rotatable bonds is 5. The van der Waals surface area contributed by atoms with Crippen LogP contribution in [-0.2, 0) is 4.74 Å². The van der Waals surface area contributed by atoms with Crippen LogP contribution in [0.25, 0.3) is 17.0 Å². The molecule has 0 atom stereocenters. The Labute approximate surface area is 131 Å². The second-order valence-electron chi connectivity index (χ2n) is 4.92. The predicted octanol–water partition coefficient (Wildman–Crippen LogP) is 1.91. The molecule has 0 saturated heterocycles. The van der Waals surface area contributed by atoms with E-state index < -0.39 is 0 Å². The Balaban J connectivity index is 1.88. The van der Waals surface area contributed by atoms with Crippen LogP contribution in [0, 0.1) is 5.82 Å². The summed E-state index contributed by atoms with van der Waals surface area (Å²) in [6, 6.07) is 9.35. The van der Waals surface area contributed by atoms with Crippen molar-refractivity contribution in [1.82, 2.24) is 19.9 Å². The van der Waals surface area contributed by atoms with E-state index in [4.69, 9.17) is 4.74 Å². The van der Waals surface area contributed by atoms with Gasteiger partial charge in [-0.3, -0.25) is 9.20 Å². The van der Waals surface area contributed by atoms with E-state index in [0.717, 1.165) is 5.56 Å². The third-order valence-corrected chi connectivity index (χ3v) is 3.37. The summed E-state index contributed by atoms with van der Waals surface area (Å²) < 4.78 is 19.7. The van der Waals surface area contributed by atoms with Crippen molar-refractivity contribution < 1.29 is 13.9 Å². The summed E-state index contributed by atoms with van der Waals surface area (Å²) in [7, 11) is 1.57. The lowest BCUT2D eigenvalue weighted by Crippen LogP contribution is -2.26. The van der Waals surface area contributed by atoms with Gasteiger partial charge in [-0.25, -0.2) is 4.39 Å². The molecular weight excluding hydrogens is 299 g/mol. The van der Waals surface area contributed by atoms with Gasteiger partial charge in [0.2, 0.25) is 0 Å². The van der Waals surface area contributed by atoms with Crippen molar-refractivity contribution in [3.05, 3.63) is 54.0 Å². The number of nitrogens with zero attached hydrogens (tertiary/aromatic N) is 3. The SMILES string of the molecule is COCCNC(=O)c1ccn2c(-c3ccc(F)cc3)nnc2c1. The molecule has 0 aliphatic heterocycles. The molecule has 3 rings (SSSR count). The highest BCUT2D eigenvalue weighted by atomic mass is 19.1. The number of nitrogens with one attached hydrogen (secondary N) is 1. The molecule has 0 aliphatic rings. The van der Waals surface area contributed by atoms with Crippen molar-refractivity contribution >= 4 is 11.6 Å². The first-order valence-electron chi connectivity index (χ1n) is 7.07. The highest BCUT2D eigenvalue weighted by molar-refractivity contribution is 5.95. The number of carbonyl (C=O) groups excluding carboxylic acids is 1.